The Morgan fingerprint density at radius 1 is 1.50 bits per heavy atom. The van der Waals surface area contributed by atoms with Gasteiger partial charge in [0.15, 0.2) is 0 Å². The summed E-state index contributed by atoms with van der Waals surface area (Å²) < 4.78 is 13.1. The fourth-order valence-corrected chi connectivity index (χ4v) is 0.980. The molecule has 1 aromatic rings. The average Bonchev–Trinajstić information content (AvgIpc) is 2.09. The van der Waals surface area contributed by atoms with Crippen LogP contribution in [-0.4, -0.2) is 11.7 Å². The van der Waals surface area contributed by atoms with E-state index in [1.807, 2.05) is 0 Å². The van der Waals surface area contributed by atoms with E-state index in [-0.39, 0.29) is 18.6 Å². The van der Waals surface area contributed by atoms with Crippen LogP contribution in [0.3, 0.4) is 0 Å². The van der Waals surface area contributed by atoms with Crippen molar-refractivity contribution in [3.05, 3.63) is 35.1 Å². The first-order valence-corrected chi connectivity index (χ1v) is 3.58. The van der Waals surface area contributed by atoms with Crippen LogP contribution in [-0.2, 0) is 6.42 Å². The second-order valence-corrected chi connectivity index (χ2v) is 2.36. The Morgan fingerprint density at radius 3 is 2.83 bits per heavy atom. The van der Waals surface area contributed by atoms with Gasteiger partial charge < -0.3 is 5.11 Å². The fraction of sp³-hybridized carbons (Fsp3) is 0.222. The van der Waals surface area contributed by atoms with Gasteiger partial charge in [0.25, 0.3) is 0 Å². The van der Waals surface area contributed by atoms with E-state index in [0.29, 0.717) is 5.56 Å². The second-order valence-electron chi connectivity index (χ2n) is 2.36. The van der Waals surface area contributed by atoms with Gasteiger partial charge >= 0.3 is 0 Å². The van der Waals surface area contributed by atoms with Gasteiger partial charge in [-0.1, -0.05) is 12.1 Å². The number of benzene rings is 1. The molecule has 3 heteroatoms. The van der Waals surface area contributed by atoms with E-state index in [1.165, 1.54) is 6.07 Å². The minimum Gasteiger partial charge on any atom is -0.396 e. The molecular weight excluding hydrogens is 157 g/mol. The lowest BCUT2D eigenvalue weighted by molar-refractivity contribution is 0.297. The molecule has 1 N–H and O–H groups in total. The van der Waals surface area contributed by atoms with Crippen LogP contribution in [0, 0.1) is 17.1 Å². The molecule has 0 aromatic heterocycles. The van der Waals surface area contributed by atoms with Gasteiger partial charge in [-0.3, -0.25) is 0 Å². The normalized spacial score (nSPS) is 9.42. The highest BCUT2D eigenvalue weighted by Crippen LogP contribution is 2.11. The van der Waals surface area contributed by atoms with E-state index in [1.54, 1.807) is 18.2 Å². The molecule has 0 heterocycles. The first-order valence-electron chi connectivity index (χ1n) is 3.58. The van der Waals surface area contributed by atoms with Gasteiger partial charge in [-0.15, -0.1) is 0 Å². The van der Waals surface area contributed by atoms with Crippen LogP contribution in [0.4, 0.5) is 4.39 Å². The van der Waals surface area contributed by atoms with Gasteiger partial charge in [0.1, 0.15) is 11.9 Å². The largest absolute Gasteiger partial charge is 0.396 e. The number of aliphatic hydroxyl groups excluding tert-OH is 1. The number of nitriles is 1. The third-order valence-corrected chi connectivity index (χ3v) is 1.58. The highest BCUT2D eigenvalue weighted by atomic mass is 19.1. The van der Waals surface area contributed by atoms with Crippen molar-refractivity contribution in [1.82, 2.24) is 0 Å². The molecule has 0 aliphatic heterocycles. The summed E-state index contributed by atoms with van der Waals surface area (Å²) in [6.45, 7) is -0.105. The summed E-state index contributed by atoms with van der Waals surface area (Å²) in [4.78, 5) is 0. The summed E-state index contributed by atoms with van der Waals surface area (Å²) in [5, 5.41) is 17.0. The Labute approximate surface area is 69.9 Å². The summed E-state index contributed by atoms with van der Waals surface area (Å²) >= 11 is 0. The predicted molar refractivity (Wildman–Crippen MR) is 41.9 cm³/mol. The zero-order valence-electron chi connectivity index (χ0n) is 6.42. The van der Waals surface area contributed by atoms with Crippen molar-refractivity contribution < 1.29 is 9.50 Å². The highest BCUT2D eigenvalue weighted by molar-refractivity contribution is 5.34. The van der Waals surface area contributed by atoms with Crippen LogP contribution in [0.1, 0.15) is 11.1 Å². The third-order valence-electron chi connectivity index (χ3n) is 1.58. The van der Waals surface area contributed by atoms with Crippen LogP contribution < -0.4 is 0 Å². The minimum atomic E-state index is -0.519. The molecule has 0 saturated heterocycles. The molecule has 12 heavy (non-hydrogen) atoms. The number of hydrogen-bond acceptors (Lipinski definition) is 2. The van der Waals surface area contributed by atoms with Crippen molar-refractivity contribution in [2.24, 2.45) is 0 Å². The fourth-order valence-electron chi connectivity index (χ4n) is 0.980. The molecule has 0 atom stereocenters. The number of rotatable bonds is 2. The SMILES string of the molecule is N#Cc1cccc(CCO)c1F. The summed E-state index contributed by atoms with van der Waals surface area (Å²) in [5.74, 6) is -0.519. The van der Waals surface area contributed by atoms with Gasteiger partial charge in [-0.05, 0) is 18.1 Å². The van der Waals surface area contributed by atoms with E-state index in [9.17, 15) is 4.39 Å². The zero-order valence-corrected chi connectivity index (χ0v) is 6.42. The molecule has 0 aliphatic carbocycles. The summed E-state index contributed by atoms with van der Waals surface area (Å²) in [5.41, 5.74) is 0.414. The quantitative estimate of drug-likeness (QED) is 0.716. The molecule has 0 saturated carbocycles. The van der Waals surface area contributed by atoms with Crippen LogP contribution in [0.2, 0.25) is 0 Å². The lowest BCUT2D eigenvalue weighted by Crippen LogP contribution is -1.96. The maximum absolute atomic E-state index is 13.1. The summed E-state index contributed by atoms with van der Waals surface area (Å²) in [6.07, 6.45) is 0.251. The minimum absolute atomic E-state index is 0.0287. The lowest BCUT2D eigenvalue weighted by atomic mass is 10.1. The molecule has 0 radical (unpaired) electrons. The van der Waals surface area contributed by atoms with E-state index >= 15 is 0 Å². The molecule has 0 unspecified atom stereocenters. The summed E-state index contributed by atoms with van der Waals surface area (Å²) in [7, 11) is 0. The van der Waals surface area contributed by atoms with E-state index in [0.717, 1.165) is 0 Å². The van der Waals surface area contributed by atoms with Crippen LogP contribution in [0.5, 0.6) is 0 Å². The topological polar surface area (TPSA) is 44.0 Å². The zero-order chi connectivity index (χ0) is 8.97. The summed E-state index contributed by atoms with van der Waals surface area (Å²) in [6, 6.07) is 6.32. The molecule has 0 spiro atoms. The van der Waals surface area contributed by atoms with Gasteiger partial charge in [0.2, 0.25) is 0 Å². The highest BCUT2D eigenvalue weighted by Gasteiger charge is 2.05. The number of halogens is 1. The Hall–Kier alpha value is -1.40. The Balaban J connectivity index is 3.07. The average molecular weight is 165 g/mol. The van der Waals surface area contributed by atoms with Gasteiger partial charge in [-0.25, -0.2) is 4.39 Å². The number of aliphatic hydroxyl groups is 1. The van der Waals surface area contributed by atoms with Crippen LogP contribution in [0.15, 0.2) is 18.2 Å². The molecular formula is C9H8FNO. The first kappa shape index (κ1) is 8.69. The monoisotopic (exact) mass is 165 g/mol. The molecule has 0 fully saturated rings. The standard InChI is InChI=1S/C9H8FNO/c10-9-7(4-5-12)2-1-3-8(9)6-11/h1-3,12H,4-5H2. The molecule has 0 aliphatic rings. The van der Waals surface area contributed by atoms with Crippen molar-refractivity contribution in [1.29, 1.82) is 5.26 Å². The van der Waals surface area contributed by atoms with Crippen molar-refractivity contribution in [2.45, 2.75) is 6.42 Å². The Kier molecular flexibility index (Phi) is 2.78. The van der Waals surface area contributed by atoms with Gasteiger partial charge in [0, 0.05) is 6.61 Å². The predicted octanol–water partition coefficient (Wildman–Crippen LogP) is 1.23. The number of nitrogens with zero attached hydrogens (tertiary/aromatic N) is 1. The van der Waals surface area contributed by atoms with E-state index in [2.05, 4.69) is 0 Å². The maximum Gasteiger partial charge on any atom is 0.144 e. The molecule has 0 bridgehead atoms. The maximum atomic E-state index is 13.1. The number of hydrogen-bond donors (Lipinski definition) is 1. The van der Waals surface area contributed by atoms with Crippen molar-refractivity contribution in [3.63, 3.8) is 0 Å². The molecule has 1 rings (SSSR count). The Bertz CT molecular complexity index is 317. The van der Waals surface area contributed by atoms with Gasteiger partial charge in [0.05, 0.1) is 5.56 Å². The van der Waals surface area contributed by atoms with Crippen molar-refractivity contribution >= 4 is 0 Å². The van der Waals surface area contributed by atoms with Crippen LogP contribution >= 0.6 is 0 Å². The Morgan fingerprint density at radius 2 is 2.25 bits per heavy atom. The second kappa shape index (κ2) is 3.84. The van der Waals surface area contributed by atoms with Crippen molar-refractivity contribution in [3.8, 4) is 6.07 Å². The smallest absolute Gasteiger partial charge is 0.144 e. The molecule has 1 aromatic carbocycles. The van der Waals surface area contributed by atoms with E-state index in [4.69, 9.17) is 10.4 Å². The van der Waals surface area contributed by atoms with E-state index < -0.39 is 5.82 Å². The molecule has 2 nitrogen and oxygen atoms in total. The molecule has 62 valence electrons. The van der Waals surface area contributed by atoms with Gasteiger partial charge in [-0.2, -0.15) is 5.26 Å². The third kappa shape index (κ3) is 1.60. The lowest BCUT2D eigenvalue weighted by Gasteiger charge is -2.00. The van der Waals surface area contributed by atoms with Crippen LogP contribution in [0.25, 0.3) is 0 Å². The molecule has 0 amide bonds. The first-order chi connectivity index (χ1) is 5.79. The van der Waals surface area contributed by atoms with Crippen molar-refractivity contribution in [2.75, 3.05) is 6.61 Å².